The molecular weight excluding hydrogens is 439 g/mol. The van der Waals surface area contributed by atoms with Gasteiger partial charge < -0.3 is 20.6 Å². The van der Waals surface area contributed by atoms with Crippen LogP contribution in [0.3, 0.4) is 0 Å². The lowest BCUT2D eigenvalue weighted by Gasteiger charge is -2.11. The molecular formula is C18H13ClF3N7O2. The van der Waals surface area contributed by atoms with E-state index in [1.165, 1.54) is 12.1 Å². The van der Waals surface area contributed by atoms with Crippen molar-refractivity contribution in [3.63, 3.8) is 0 Å². The summed E-state index contributed by atoms with van der Waals surface area (Å²) in [6, 6.07) is 4.04. The van der Waals surface area contributed by atoms with Gasteiger partial charge in [-0.3, -0.25) is 4.79 Å². The number of anilines is 1. The smallest absolute Gasteiger partial charge is 0.382 e. The number of aromatic nitrogens is 5. The molecule has 0 fully saturated rings. The highest BCUT2D eigenvalue weighted by atomic mass is 35.5. The number of nitrogens with one attached hydrogen (secondary N) is 2. The number of nitrogens with zero attached hydrogens (tertiary/aromatic N) is 4. The Hall–Kier alpha value is -3.67. The van der Waals surface area contributed by atoms with E-state index in [0.717, 1.165) is 18.5 Å². The predicted octanol–water partition coefficient (Wildman–Crippen LogP) is 3.75. The summed E-state index contributed by atoms with van der Waals surface area (Å²) in [5, 5.41) is 6.43. The van der Waals surface area contributed by atoms with Crippen molar-refractivity contribution in [2.75, 3.05) is 5.73 Å². The molecule has 4 N–H and O–H groups in total. The number of rotatable bonds is 4. The number of carbonyl (C=O) groups is 1. The van der Waals surface area contributed by atoms with E-state index in [0.29, 0.717) is 5.52 Å². The molecule has 4 rings (SSSR count). The summed E-state index contributed by atoms with van der Waals surface area (Å²) in [5.41, 5.74) is 5.47. The monoisotopic (exact) mass is 451 g/mol. The van der Waals surface area contributed by atoms with Crippen LogP contribution in [0, 0.1) is 0 Å². The molecule has 0 saturated carbocycles. The van der Waals surface area contributed by atoms with Crippen LogP contribution < -0.4 is 11.1 Å². The van der Waals surface area contributed by atoms with Gasteiger partial charge in [0, 0.05) is 6.07 Å². The number of alkyl halides is 3. The van der Waals surface area contributed by atoms with Crippen LogP contribution in [-0.2, 0) is 6.18 Å². The zero-order valence-electron chi connectivity index (χ0n) is 15.7. The molecule has 0 aliphatic heterocycles. The van der Waals surface area contributed by atoms with Crippen molar-refractivity contribution in [3.8, 4) is 11.5 Å². The van der Waals surface area contributed by atoms with Crippen molar-refractivity contribution in [2.45, 2.75) is 19.1 Å². The molecule has 1 aromatic carbocycles. The van der Waals surface area contributed by atoms with Gasteiger partial charge in [-0.1, -0.05) is 16.8 Å². The molecule has 4 aromatic rings. The fourth-order valence-electron chi connectivity index (χ4n) is 2.79. The number of H-pyrrole nitrogens is 1. The molecule has 0 aliphatic carbocycles. The maximum absolute atomic E-state index is 12.9. The largest absolute Gasteiger partial charge is 0.416 e. The van der Waals surface area contributed by atoms with Crippen LogP contribution in [0.4, 0.5) is 19.0 Å². The van der Waals surface area contributed by atoms with Gasteiger partial charge in [0.2, 0.25) is 0 Å². The van der Waals surface area contributed by atoms with Gasteiger partial charge in [0.15, 0.2) is 17.3 Å². The minimum Gasteiger partial charge on any atom is -0.382 e. The van der Waals surface area contributed by atoms with E-state index in [1.807, 2.05) is 0 Å². The third-order valence-electron chi connectivity index (χ3n) is 4.39. The van der Waals surface area contributed by atoms with E-state index in [1.54, 1.807) is 6.92 Å². The number of hydrogen-bond donors (Lipinski definition) is 3. The number of aromatic amines is 1. The molecule has 9 nitrogen and oxygen atoms in total. The van der Waals surface area contributed by atoms with Crippen LogP contribution in [0.5, 0.6) is 0 Å². The second kappa shape index (κ2) is 7.54. The first kappa shape index (κ1) is 20.6. The third-order valence-corrected chi connectivity index (χ3v) is 4.76. The maximum Gasteiger partial charge on any atom is 0.416 e. The molecule has 0 saturated heterocycles. The molecule has 13 heteroatoms. The number of nitrogens with two attached hydrogens (primary N) is 1. The van der Waals surface area contributed by atoms with Crippen molar-refractivity contribution < 1.29 is 22.5 Å². The quantitative estimate of drug-likeness (QED) is 0.430. The zero-order valence-corrected chi connectivity index (χ0v) is 16.4. The number of fused-ring (bicyclic) bond motifs is 1. The van der Waals surface area contributed by atoms with Gasteiger partial charge in [0.25, 0.3) is 5.91 Å². The maximum atomic E-state index is 12.9. The lowest BCUT2D eigenvalue weighted by atomic mass is 10.2. The van der Waals surface area contributed by atoms with Gasteiger partial charge in [-0.05, 0) is 25.1 Å². The molecule has 1 amide bonds. The Morgan fingerprint density at radius 3 is 2.81 bits per heavy atom. The summed E-state index contributed by atoms with van der Waals surface area (Å²) >= 11 is 5.95. The van der Waals surface area contributed by atoms with Crippen molar-refractivity contribution in [1.29, 1.82) is 0 Å². The summed E-state index contributed by atoms with van der Waals surface area (Å²) in [5.74, 6) is -0.143. The second-order valence-corrected chi connectivity index (χ2v) is 6.92. The molecule has 0 aliphatic rings. The molecule has 3 heterocycles. The molecule has 31 heavy (non-hydrogen) atoms. The lowest BCUT2D eigenvalue weighted by Crippen LogP contribution is -2.27. The minimum atomic E-state index is -4.47. The van der Waals surface area contributed by atoms with Crippen molar-refractivity contribution in [3.05, 3.63) is 52.6 Å². The summed E-state index contributed by atoms with van der Waals surface area (Å²) in [7, 11) is 0. The molecule has 0 unspecified atom stereocenters. The predicted molar refractivity (Wildman–Crippen MR) is 104 cm³/mol. The number of benzene rings is 1. The van der Waals surface area contributed by atoms with Crippen LogP contribution in [-0.4, -0.2) is 31.0 Å². The van der Waals surface area contributed by atoms with E-state index < -0.39 is 23.7 Å². The van der Waals surface area contributed by atoms with E-state index >= 15 is 0 Å². The first-order chi connectivity index (χ1) is 14.6. The van der Waals surface area contributed by atoms with Gasteiger partial charge in [-0.15, -0.1) is 0 Å². The molecule has 0 radical (unpaired) electrons. The average molecular weight is 452 g/mol. The van der Waals surface area contributed by atoms with Crippen LogP contribution in [0.2, 0.25) is 5.02 Å². The minimum absolute atomic E-state index is 0.0324. The fraction of sp³-hybridized carbons (Fsp3) is 0.167. The van der Waals surface area contributed by atoms with Crippen LogP contribution in [0.1, 0.15) is 34.8 Å². The molecule has 0 spiro atoms. The Kier molecular flexibility index (Phi) is 5.01. The Morgan fingerprint density at radius 2 is 2.06 bits per heavy atom. The topological polar surface area (TPSA) is 136 Å². The molecule has 1 atom stereocenters. The number of halogens is 4. The third kappa shape index (κ3) is 4.01. The van der Waals surface area contributed by atoms with Crippen LogP contribution in [0.25, 0.3) is 22.6 Å². The normalized spacial score (nSPS) is 12.8. The highest BCUT2D eigenvalue weighted by Crippen LogP contribution is 2.32. The van der Waals surface area contributed by atoms with Gasteiger partial charge in [0.1, 0.15) is 22.9 Å². The Bertz CT molecular complexity index is 1280. The number of amides is 1. The van der Waals surface area contributed by atoms with E-state index in [4.69, 9.17) is 21.9 Å². The van der Waals surface area contributed by atoms with Gasteiger partial charge in [0.05, 0.1) is 22.6 Å². The molecule has 3 aromatic heterocycles. The Balaban J connectivity index is 1.55. The van der Waals surface area contributed by atoms with Gasteiger partial charge >= 0.3 is 6.18 Å². The van der Waals surface area contributed by atoms with E-state index in [-0.39, 0.29) is 39.3 Å². The summed E-state index contributed by atoms with van der Waals surface area (Å²) in [6.45, 7) is 1.63. The highest BCUT2D eigenvalue weighted by molar-refractivity contribution is 6.35. The van der Waals surface area contributed by atoms with Crippen molar-refractivity contribution in [1.82, 2.24) is 30.4 Å². The zero-order chi connectivity index (χ0) is 22.3. The Labute approximate surface area is 176 Å². The van der Waals surface area contributed by atoms with Crippen molar-refractivity contribution >= 4 is 34.4 Å². The number of nitrogen functional groups attached to an aromatic ring is 1. The lowest BCUT2D eigenvalue weighted by molar-refractivity contribution is -0.137. The number of carbonyl (C=O) groups excluding carboxylic acids is 1. The SMILES string of the molecule is C[C@H](NC(=O)c1ncnc(N)c1Cl)c1cc(-c2nc3ccc(C(F)(F)F)cc3[nH]2)no1. The van der Waals surface area contributed by atoms with E-state index in [2.05, 4.69) is 30.4 Å². The van der Waals surface area contributed by atoms with E-state index in [9.17, 15) is 18.0 Å². The van der Waals surface area contributed by atoms with Crippen LogP contribution >= 0.6 is 11.6 Å². The fourth-order valence-corrected chi connectivity index (χ4v) is 2.97. The van der Waals surface area contributed by atoms with Gasteiger partial charge in [-0.25, -0.2) is 15.0 Å². The highest BCUT2D eigenvalue weighted by Gasteiger charge is 2.31. The summed E-state index contributed by atoms with van der Waals surface area (Å²) in [6.07, 6.45) is -3.36. The number of imidazole rings is 1. The van der Waals surface area contributed by atoms with Gasteiger partial charge in [-0.2, -0.15) is 13.2 Å². The summed E-state index contributed by atoms with van der Waals surface area (Å²) in [4.78, 5) is 26.9. The first-order valence-electron chi connectivity index (χ1n) is 8.74. The standard InChI is InChI=1S/C18H13ClF3N7O2/c1-7(26-17(30)14-13(19)15(23)25-6-24-14)12-5-11(29-31-12)16-27-9-3-2-8(18(20,21)22)4-10(9)28-16/h2-7H,1H3,(H,26,30)(H,27,28)(H2,23,24,25)/t7-/m0/s1. The van der Waals surface area contributed by atoms with Crippen LogP contribution in [0.15, 0.2) is 35.1 Å². The average Bonchev–Trinajstić information content (AvgIpc) is 3.35. The Morgan fingerprint density at radius 1 is 1.29 bits per heavy atom. The summed E-state index contributed by atoms with van der Waals surface area (Å²) < 4.78 is 43.9. The van der Waals surface area contributed by atoms with Crippen molar-refractivity contribution in [2.24, 2.45) is 0 Å². The molecule has 160 valence electrons. The second-order valence-electron chi connectivity index (χ2n) is 6.55. The number of hydrogen-bond acceptors (Lipinski definition) is 7. The first-order valence-corrected chi connectivity index (χ1v) is 9.12. The molecule has 0 bridgehead atoms.